The Bertz CT molecular complexity index is 363. The van der Waals surface area contributed by atoms with Crippen molar-refractivity contribution in [3.63, 3.8) is 0 Å². The number of nitrogens with one attached hydrogen (secondary N) is 1. The van der Waals surface area contributed by atoms with Gasteiger partial charge in [-0.25, -0.2) is 13.1 Å². The lowest BCUT2D eigenvalue weighted by Gasteiger charge is -2.36. The Labute approximate surface area is 118 Å². The van der Waals surface area contributed by atoms with Crippen molar-refractivity contribution in [2.75, 3.05) is 12.3 Å². The molecule has 0 aliphatic heterocycles. The zero-order valence-electron chi connectivity index (χ0n) is 12.7. The number of rotatable bonds is 4. The van der Waals surface area contributed by atoms with E-state index in [1.807, 2.05) is 20.8 Å². The molecule has 1 fully saturated rings. The van der Waals surface area contributed by atoms with Gasteiger partial charge in [0, 0.05) is 12.1 Å². The largest absolute Gasteiger partial charge is 0.329 e. The first-order valence-corrected chi connectivity index (χ1v) is 9.05. The van der Waals surface area contributed by atoms with Crippen molar-refractivity contribution in [1.82, 2.24) is 4.72 Å². The monoisotopic (exact) mass is 290 g/mol. The molecule has 1 saturated carbocycles. The Morgan fingerprint density at radius 1 is 1.05 bits per heavy atom. The summed E-state index contributed by atoms with van der Waals surface area (Å²) < 4.78 is 27.5. The predicted octanol–water partition coefficient (Wildman–Crippen LogP) is 2.39. The van der Waals surface area contributed by atoms with Gasteiger partial charge in [0.2, 0.25) is 10.0 Å². The van der Waals surface area contributed by atoms with Crippen molar-refractivity contribution in [3.8, 4) is 0 Å². The molecule has 0 spiro atoms. The molecule has 114 valence electrons. The fourth-order valence-corrected chi connectivity index (χ4v) is 5.03. The zero-order chi connectivity index (χ0) is 14.6. The van der Waals surface area contributed by atoms with Gasteiger partial charge in [0.05, 0.1) is 5.75 Å². The van der Waals surface area contributed by atoms with Gasteiger partial charge in [-0.15, -0.1) is 0 Å². The third-order valence-electron chi connectivity index (χ3n) is 3.70. The molecule has 0 radical (unpaired) electrons. The topological polar surface area (TPSA) is 72.2 Å². The highest BCUT2D eigenvalue weighted by Crippen LogP contribution is 2.27. The highest BCUT2D eigenvalue weighted by molar-refractivity contribution is 7.89. The van der Waals surface area contributed by atoms with Crippen molar-refractivity contribution < 1.29 is 8.42 Å². The van der Waals surface area contributed by atoms with Crippen molar-refractivity contribution in [3.05, 3.63) is 0 Å². The Balaban J connectivity index is 2.78. The summed E-state index contributed by atoms with van der Waals surface area (Å²) >= 11 is 0. The SMILES string of the molecule is CC(C)(C)CS(=O)(=O)NC1(CN)CCCCCCC1. The maximum Gasteiger partial charge on any atom is 0.212 e. The number of hydrogen-bond acceptors (Lipinski definition) is 3. The van der Waals surface area contributed by atoms with Gasteiger partial charge in [0.1, 0.15) is 0 Å². The van der Waals surface area contributed by atoms with Crippen LogP contribution >= 0.6 is 0 Å². The summed E-state index contributed by atoms with van der Waals surface area (Å²) in [6, 6.07) is 0. The minimum atomic E-state index is -3.27. The van der Waals surface area contributed by atoms with Crippen LogP contribution in [0.15, 0.2) is 0 Å². The van der Waals surface area contributed by atoms with Crippen LogP contribution < -0.4 is 10.5 Å². The summed E-state index contributed by atoms with van der Waals surface area (Å²) in [6.07, 6.45) is 7.49. The molecular weight excluding hydrogens is 260 g/mol. The minimum absolute atomic E-state index is 0.155. The average Bonchev–Trinajstić information content (AvgIpc) is 2.18. The van der Waals surface area contributed by atoms with Crippen LogP contribution in [0.1, 0.15) is 65.7 Å². The van der Waals surface area contributed by atoms with E-state index in [-0.39, 0.29) is 11.2 Å². The molecule has 1 aliphatic carbocycles. The van der Waals surface area contributed by atoms with E-state index in [1.165, 1.54) is 19.3 Å². The third kappa shape index (κ3) is 6.23. The van der Waals surface area contributed by atoms with Gasteiger partial charge in [-0.05, 0) is 18.3 Å². The van der Waals surface area contributed by atoms with Crippen molar-refractivity contribution >= 4 is 10.0 Å². The van der Waals surface area contributed by atoms with Crippen LogP contribution in [0.25, 0.3) is 0 Å². The van der Waals surface area contributed by atoms with E-state index in [1.54, 1.807) is 0 Å². The first kappa shape index (κ1) is 16.9. The lowest BCUT2D eigenvalue weighted by Crippen LogP contribution is -2.55. The standard InChI is InChI=1S/C14H30N2O2S/c1-13(2,3)12-19(17,18)16-14(11-15)9-7-5-4-6-8-10-14/h16H,4-12,15H2,1-3H3. The summed E-state index contributed by atoms with van der Waals surface area (Å²) in [5.74, 6) is 0.155. The van der Waals surface area contributed by atoms with Gasteiger partial charge in [0.25, 0.3) is 0 Å². The molecule has 0 aromatic heterocycles. The molecule has 0 aromatic carbocycles. The molecule has 19 heavy (non-hydrogen) atoms. The highest BCUT2D eigenvalue weighted by atomic mass is 32.2. The molecule has 0 heterocycles. The molecule has 1 rings (SSSR count). The molecule has 1 aliphatic rings. The van der Waals surface area contributed by atoms with Gasteiger partial charge in [-0.2, -0.15) is 0 Å². The van der Waals surface area contributed by atoms with E-state index >= 15 is 0 Å². The molecule has 0 aromatic rings. The Morgan fingerprint density at radius 2 is 1.53 bits per heavy atom. The smallest absolute Gasteiger partial charge is 0.212 e. The molecular formula is C14H30N2O2S. The Morgan fingerprint density at radius 3 is 1.95 bits per heavy atom. The van der Waals surface area contributed by atoms with E-state index in [9.17, 15) is 8.42 Å². The second kappa shape index (κ2) is 6.55. The predicted molar refractivity (Wildman–Crippen MR) is 80.5 cm³/mol. The van der Waals surface area contributed by atoms with Gasteiger partial charge >= 0.3 is 0 Å². The van der Waals surface area contributed by atoms with Crippen LogP contribution in [0.2, 0.25) is 0 Å². The maximum atomic E-state index is 12.3. The molecule has 0 atom stereocenters. The van der Waals surface area contributed by atoms with E-state index in [0.717, 1.165) is 25.7 Å². The van der Waals surface area contributed by atoms with Crippen LogP contribution in [0, 0.1) is 5.41 Å². The fourth-order valence-electron chi connectivity index (χ4n) is 2.87. The van der Waals surface area contributed by atoms with Crippen LogP contribution in [0.4, 0.5) is 0 Å². The van der Waals surface area contributed by atoms with Crippen LogP contribution in [0.5, 0.6) is 0 Å². The molecule has 0 unspecified atom stereocenters. The Hall–Kier alpha value is -0.130. The van der Waals surface area contributed by atoms with Gasteiger partial charge < -0.3 is 5.73 Å². The molecule has 4 nitrogen and oxygen atoms in total. The number of nitrogens with two attached hydrogens (primary N) is 1. The lowest BCUT2D eigenvalue weighted by atomic mass is 9.85. The van der Waals surface area contributed by atoms with Gasteiger partial charge in [-0.3, -0.25) is 0 Å². The van der Waals surface area contributed by atoms with Crippen molar-refractivity contribution in [2.24, 2.45) is 11.1 Å². The van der Waals surface area contributed by atoms with Crippen molar-refractivity contribution in [2.45, 2.75) is 71.3 Å². The second-order valence-electron chi connectivity index (χ2n) is 7.17. The zero-order valence-corrected chi connectivity index (χ0v) is 13.5. The molecule has 5 heteroatoms. The van der Waals surface area contributed by atoms with Crippen LogP contribution in [0.3, 0.4) is 0 Å². The van der Waals surface area contributed by atoms with Gasteiger partial charge in [0.15, 0.2) is 0 Å². The fraction of sp³-hybridized carbons (Fsp3) is 1.00. The summed E-state index contributed by atoms with van der Waals surface area (Å²) in [5, 5.41) is 0. The highest BCUT2D eigenvalue weighted by Gasteiger charge is 2.34. The summed E-state index contributed by atoms with van der Waals surface area (Å²) in [5.41, 5.74) is 5.26. The molecule has 3 N–H and O–H groups in total. The minimum Gasteiger partial charge on any atom is -0.329 e. The summed E-state index contributed by atoms with van der Waals surface area (Å²) in [7, 11) is -3.27. The lowest BCUT2D eigenvalue weighted by molar-refractivity contribution is 0.294. The molecule has 0 bridgehead atoms. The summed E-state index contributed by atoms with van der Waals surface area (Å²) in [6.45, 7) is 6.23. The number of hydrogen-bond donors (Lipinski definition) is 2. The van der Waals surface area contributed by atoms with Crippen molar-refractivity contribution in [1.29, 1.82) is 0 Å². The quantitative estimate of drug-likeness (QED) is 0.835. The normalized spacial score (nSPS) is 21.7. The van der Waals surface area contributed by atoms with E-state index in [2.05, 4.69) is 4.72 Å². The van der Waals surface area contributed by atoms with Crippen LogP contribution in [-0.2, 0) is 10.0 Å². The van der Waals surface area contributed by atoms with E-state index < -0.39 is 15.6 Å². The second-order valence-corrected chi connectivity index (χ2v) is 8.90. The van der Waals surface area contributed by atoms with Gasteiger partial charge in [-0.1, -0.05) is 52.9 Å². The first-order chi connectivity index (χ1) is 8.68. The molecule has 0 saturated heterocycles. The van der Waals surface area contributed by atoms with Crippen LogP contribution in [-0.4, -0.2) is 26.3 Å². The molecule has 0 amide bonds. The van der Waals surface area contributed by atoms with E-state index in [0.29, 0.717) is 6.54 Å². The van der Waals surface area contributed by atoms with E-state index in [4.69, 9.17) is 5.73 Å². The number of sulfonamides is 1. The first-order valence-electron chi connectivity index (χ1n) is 7.40. The maximum absolute atomic E-state index is 12.3. The third-order valence-corrected chi connectivity index (χ3v) is 5.69. The Kier molecular flexibility index (Phi) is 5.83. The summed E-state index contributed by atoms with van der Waals surface area (Å²) in [4.78, 5) is 0. The average molecular weight is 290 g/mol.